The SMILES string of the molecule is CCCC/C=C/CC[C@@](CO)(NC(=O)OC(C)(C)C)C(=O)O. The number of aliphatic carboxylic acids is 1. The number of nitrogens with one attached hydrogen (secondary N) is 1. The normalized spacial score (nSPS) is 14.6. The monoisotopic (exact) mass is 315 g/mol. The van der Waals surface area contributed by atoms with E-state index in [2.05, 4.69) is 12.2 Å². The summed E-state index contributed by atoms with van der Waals surface area (Å²) >= 11 is 0. The van der Waals surface area contributed by atoms with E-state index in [1.807, 2.05) is 12.2 Å². The van der Waals surface area contributed by atoms with Crippen LogP contribution in [0.1, 0.15) is 59.8 Å². The average molecular weight is 315 g/mol. The van der Waals surface area contributed by atoms with E-state index >= 15 is 0 Å². The zero-order chi connectivity index (χ0) is 17.2. The van der Waals surface area contributed by atoms with Gasteiger partial charge in [-0.25, -0.2) is 9.59 Å². The molecule has 6 nitrogen and oxygen atoms in total. The third-order valence-electron chi connectivity index (χ3n) is 3.05. The van der Waals surface area contributed by atoms with Crippen molar-refractivity contribution in [3.8, 4) is 0 Å². The van der Waals surface area contributed by atoms with Crippen LogP contribution in [0, 0.1) is 0 Å². The Morgan fingerprint density at radius 2 is 1.77 bits per heavy atom. The van der Waals surface area contributed by atoms with Crippen LogP contribution in [0.15, 0.2) is 12.2 Å². The summed E-state index contributed by atoms with van der Waals surface area (Å²) in [4.78, 5) is 23.3. The molecule has 3 N–H and O–H groups in total. The number of allylic oxidation sites excluding steroid dienone is 2. The Kier molecular flexibility index (Phi) is 8.79. The van der Waals surface area contributed by atoms with Gasteiger partial charge in [-0.2, -0.15) is 0 Å². The lowest BCUT2D eigenvalue weighted by Crippen LogP contribution is -2.58. The maximum absolute atomic E-state index is 11.8. The van der Waals surface area contributed by atoms with Crippen LogP contribution in [0.4, 0.5) is 4.79 Å². The summed E-state index contributed by atoms with van der Waals surface area (Å²) in [7, 11) is 0. The maximum atomic E-state index is 11.8. The molecule has 0 radical (unpaired) electrons. The highest BCUT2D eigenvalue weighted by atomic mass is 16.6. The number of carbonyl (C=O) groups is 2. The quantitative estimate of drug-likeness (QED) is 0.449. The van der Waals surface area contributed by atoms with Gasteiger partial charge in [0, 0.05) is 0 Å². The van der Waals surface area contributed by atoms with Crippen LogP contribution in [0.2, 0.25) is 0 Å². The largest absolute Gasteiger partial charge is 0.479 e. The number of aliphatic hydroxyl groups excluding tert-OH is 1. The Hall–Kier alpha value is -1.56. The molecule has 0 aromatic carbocycles. The molecule has 0 aliphatic heterocycles. The fourth-order valence-electron chi connectivity index (χ4n) is 1.80. The standard InChI is InChI=1S/C16H29NO5/c1-5-6-7-8-9-10-11-16(12-18,13(19)20)17-14(21)22-15(2,3)4/h8-9,18H,5-7,10-12H2,1-4H3,(H,17,21)(H,19,20)/b9-8+/t16-/m0/s1. The molecule has 0 bridgehead atoms. The van der Waals surface area contributed by atoms with E-state index in [-0.39, 0.29) is 6.42 Å². The summed E-state index contributed by atoms with van der Waals surface area (Å²) in [5.41, 5.74) is -2.46. The van der Waals surface area contributed by atoms with Crippen molar-refractivity contribution < 1.29 is 24.5 Å². The number of amides is 1. The number of unbranched alkanes of at least 4 members (excludes halogenated alkanes) is 2. The second-order valence-electron chi connectivity index (χ2n) is 6.32. The first-order valence-electron chi connectivity index (χ1n) is 7.67. The number of ether oxygens (including phenoxy) is 1. The lowest BCUT2D eigenvalue weighted by Gasteiger charge is -2.29. The molecule has 0 aromatic heterocycles. The lowest BCUT2D eigenvalue weighted by atomic mass is 9.94. The third-order valence-corrected chi connectivity index (χ3v) is 3.05. The summed E-state index contributed by atoms with van der Waals surface area (Å²) in [5.74, 6) is -1.28. The van der Waals surface area contributed by atoms with Gasteiger partial charge < -0.3 is 20.3 Å². The number of carboxylic acid groups (broad SMARTS) is 1. The number of hydrogen-bond acceptors (Lipinski definition) is 4. The summed E-state index contributed by atoms with van der Waals surface area (Å²) in [6.07, 6.45) is 6.68. The number of aliphatic hydroxyl groups is 1. The number of carbonyl (C=O) groups excluding carboxylic acids is 1. The molecule has 0 rings (SSSR count). The van der Waals surface area contributed by atoms with Crippen molar-refractivity contribution in [2.75, 3.05) is 6.61 Å². The number of rotatable bonds is 9. The third kappa shape index (κ3) is 8.02. The van der Waals surface area contributed by atoms with Crippen LogP contribution in [0.5, 0.6) is 0 Å². The highest BCUT2D eigenvalue weighted by Gasteiger charge is 2.40. The van der Waals surface area contributed by atoms with Crippen LogP contribution in [-0.4, -0.2) is 40.0 Å². The Morgan fingerprint density at radius 3 is 2.23 bits per heavy atom. The molecular formula is C16H29NO5. The fourth-order valence-corrected chi connectivity index (χ4v) is 1.80. The minimum atomic E-state index is -1.72. The topological polar surface area (TPSA) is 95.9 Å². The van der Waals surface area contributed by atoms with Crippen molar-refractivity contribution in [3.05, 3.63) is 12.2 Å². The number of hydrogen-bond donors (Lipinski definition) is 3. The molecule has 1 amide bonds. The predicted octanol–water partition coefficient (Wildman–Crippen LogP) is 2.85. The molecule has 0 heterocycles. The molecule has 0 unspecified atom stereocenters. The average Bonchev–Trinajstić information content (AvgIpc) is 2.38. The lowest BCUT2D eigenvalue weighted by molar-refractivity contribution is -0.147. The van der Waals surface area contributed by atoms with Crippen LogP contribution in [-0.2, 0) is 9.53 Å². The van der Waals surface area contributed by atoms with Gasteiger partial charge in [-0.05, 0) is 40.0 Å². The van der Waals surface area contributed by atoms with Gasteiger partial charge in [0.1, 0.15) is 5.60 Å². The second kappa shape index (κ2) is 9.46. The fraction of sp³-hybridized carbons (Fsp3) is 0.750. The van der Waals surface area contributed by atoms with Crippen LogP contribution >= 0.6 is 0 Å². The zero-order valence-corrected chi connectivity index (χ0v) is 14.0. The maximum Gasteiger partial charge on any atom is 0.408 e. The van der Waals surface area contributed by atoms with E-state index < -0.39 is 29.8 Å². The Morgan fingerprint density at radius 1 is 1.18 bits per heavy atom. The van der Waals surface area contributed by atoms with E-state index in [1.54, 1.807) is 20.8 Å². The van der Waals surface area contributed by atoms with Crippen molar-refractivity contribution in [1.82, 2.24) is 5.32 Å². The highest BCUT2D eigenvalue weighted by molar-refractivity contribution is 5.84. The van der Waals surface area contributed by atoms with Crippen LogP contribution < -0.4 is 5.32 Å². The smallest absolute Gasteiger partial charge is 0.408 e. The number of alkyl carbamates (subject to hydrolysis) is 1. The molecule has 0 aromatic rings. The van der Waals surface area contributed by atoms with Crippen LogP contribution in [0.3, 0.4) is 0 Å². The molecular weight excluding hydrogens is 286 g/mol. The molecule has 22 heavy (non-hydrogen) atoms. The Balaban J connectivity index is 4.69. The van der Waals surface area contributed by atoms with E-state index in [1.165, 1.54) is 0 Å². The molecule has 6 heteroatoms. The van der Waals surface area contributed by atoms with E-state index in [0.29, 0.717) is 6.42 Å². The molecule has 0 aliphatic carbocycles. The summed E-state index contributed by atoms with van der Waals surface area (Å²) < 4.78 is 5.06. The van der Waals surface area contributed by atoms with E-state index in [0.717, 1.165) is 19.3 Å². The van der Waals surface area contributed by atoms with Crippen molar-refractivity contribution >= 4 is 12.1 Å². The molecule has 128 valence electrons. The molecule has 1 atom stereocenters. The van der Waals surface area contributed by atoms with Gasteiger partial charge in [0.15, 0.2) is 5.54 Å². The van der Waals surface area contributed by atoms with E-state index in [9.17, 15) is 19.8 Å². The van der Waals surface area contributed by atoms with Gasteiger partial charge in [-0.3, -0.25) is 0 Å². The first kappa shape index (κ1) is 20.4. The predicted molar refractivity (Wildman–Crippen MR) is 84.7 cm³/mol. The van der Waals surface area contributed by atoms with Crippen molar-refractivity contribution in [2.45, 2.75) is 70.9 Å². The summed E-state index contributed by atoms with van der Waals surface area (Å²) in [6, 6.07) is 0. The van der Waals surface area contributed by atoms with Gasteiger partial charge in [0.25, 0.3) is 0 Å². The Labute approximate surface area is 132 Å². The minimum absolute atomic E-state index is 0.0979. The Bertz CT molecular complexity index is 386. The van der Waals surface area contributed by atoms with Gasteiger partial charge >= 0.3 is 12.1 Å². The van der Waals surface area contributed by atoms with Gasteiger partial charge in [-0.15, -0.1) is 0 Å². The zero-order valence-electron chi connectivity index (χ0n) is 14.0. The highest BCUT2D eigenvalue weighted by Crippen LogP contribution is 2.16. The van der Waals surface area contributed by atoms with Crippen molar-refractivity contribution in [1.29, 1.82) is 0 Å². The number of carboxylic acids is 1. The summed E-state index contributed by atoms with van der Waals surface area (Å²) in [6.45, 7) is 6.46. The molecule has 0 saturated carbocycles. The first-order chi connectivity index (χ1) is 10.2. The van der Waals surface area contributed by atoms with Crippen LogP contribution in [0.25, 0.3) is 0 Å². The minimum Gasteiger partial charge on any atom is -0.479 e. The first-order valence-corrected chi connectivity index (χ1v) is 7.67. The van der Waals surface area contributed by atoms with Gasteiger partial charge in [-0.1, -0.05) is 31.9 Å². The summed E-state index contributed by atoms with van der Waals surface area (Å²) in [5, 5.41) is 21.1. The molecule has 0 spiro atoms. The molecule has 0 aliphatic rings. The van der Waals surface area contributed by atoms with Gasteiger partial charge in [0.05, 0.1) is 6.61 Å². The molecule has 0 saturated heterocycles. The van der Waals surface area contributed by atoms with Crippen molar-refractivity contribution in [3.63, 3.8) is 0 Å². The van der Waals surface area contributed by atoms with Crippen molar-refractivity contribution in [2.24, 2.45) is 0 Å². The molecule has 0 fully saturated rings. The van der Waals surface area contributed by atoms with E-state index in [4.69, 9.17) is 4.74 Å². The van der Waals surface area contributed by atoms with Gasteiger partial charge in [0.2, 0.25) is 0 Å². The second-order valence-corrected chi connectivity index (χ2v) is 6.32.